The number of rotatable bonds is 3. The van der Waals surface area contributed by atoms with Gasteiger partial charge in [-0.1, -0.05) is 54.6 Å². The fourth-order valence-electron chi connectivity index (χ4n) is 2.40. The summed E-state index contributed by atoms with van der Waals surface area (Å²) in [5, 5.41) is 0. The lowest BCUT2D eigenvalue weighted by Crippen LogP contribution is -2.31. The zero-order valence-electron chi connectivity index (χ0n) is 12.2. The van der Waals surface area contributed by atoms with E-state index in [9.17, 15) is 9.59 Å². The molecule has 0 saturated heterocycles. The second kappa shape index (κ2) is 5.82. The first kappa shape index (κ1) is 14.0. The Bertz CT molecular complexity index is 788. The lowest BCUT2D eigenvalue weighted by atomic mass is 10.1. The van der Waals surface area contributed by atoms with E-state index in [1.165, 1.54) is 11.0 Å². The van der Waals surface area contributed by atoms with Gasteiger partial charge in [-0.2, -0.15) is 0 Å². The van der Waals surface area contributed by atoms with Crippen LogP contribution in [0.25, 0.3) is 6.08 Å². The van der Waals surface area contributed by atoms with Crippen molar-refractivity contribution >= 4 is 23.6 Å². The Morgan fingerprint density at radius 1 is 0.864 bits per heavy atom. The number of nitrogens with zero attached hydrogens (tertiary/aromatic N) is 1. The molecular weight excluding hydrogens is 274 g/mol. The van der Waals surface area contributed by atoms with Gasteiger partial charge in [0.05, 0.1) is 5.69 Å². The Hall–Kier alpha value is -2.94. The predicted octanol–water partition coefficient (Wildman–Crippen LogP) is 3.51. The lowest BCUT2D eigenvalue weighted by molar-refractivity contribution is -0.120. The molecule has 0 spiro atoms. The molecule has 3 nitrogen and oxygen atoms in total. The third kappa shape index (κ3) is 2.61. The summed E-state index contributed by atoms with van der Waals surface area (Å²) < 4.78 is 0. The average molecular weight is 289 g/mol. The first-order valence-electron chi connectivity index (χ1n) is 7.06. The summed E-state index contributed by atoms with van der Waals surface area (Å²) >= 11 is 0. The van der Waals surface area contributed by atoms with Crippen molar-refractivity contribution in [3.63, 3.8) is 0 Å². The Morgan fingerprint density at radius 2 is 1.55 bits per heavy atom. The number of benzene rings is 2. The van der Waals surface area contributed by atoms with E-state index >= 15 is 0 Å². The molecule has 3 heteroatoms. The number of carbonyl (C=O) groups is 2. The van der Waals surface area contributed by atoms with E-state index in [0.29, 0.717) is 11.3 Å². The minimum atomic E-state index is -0.299. The second-order valence-corrected chi connectivity index (χ2v) is 5.11. The fraction of sp³-hybridized carbons (Fsp3) is 0.0526. The minimum absolute atomic E-state index is 0.286. The van der Waals surface area contributed by atoms with Gasteiger partial charge in [0.2, 0.25) is 0 Å². The van der Waals surface area contributed by atoms with Crippen molar-refractivity contribution in [2.75, 3.05) is 4.90 Å². The van der Waals surface area contributed by atoms with Crippen LogP contribution < -0.4 is 4.90 Å². The van der Waals surface area contributed by atoms with Crippen molar-refractivity contribution in [2.45, 2.75) is 6.92 Å². The highest BCUT2D eigenvalue weighted by Crippen LogP contribution is 2.26. The molecule has 1 aliphatic rings. The van der Waals surface area contributed by atoms with Gasteiger partial charge in [0, 0.05) is 11.6 Å². The predicted molar refractivity (Wildman–Crippen MR) is 87.2 cm³/mol. The van der Waals surface area contributed by atoms with Crippen LogP contribution in [0.1, 0.15) is 11.1 Å². The van der Waals surface area contributed by atoms with E-state index in [1.807, 2.05) is 61.5 Å². The Labute approximate surface area is 129 Å². The molecule has 0 radical (unpaired) electrons. The van der Waals surface area contributed by atoms with Crippen molar-refractivity contribution in [1.82, 2.24) is 0 Å². The minimum Gasteiger partial charge on any atom is -0.269 e. The van der Waals surface area contributed by atoms with Crippen LogP contribution in [0.4, 0.5) is 5.69 Å². The molecule has 0 saturated carbocycles. The summed E-state index contributed by atoms with van der Waals surface area (Å²) in [6.45, 7) is 1.88. The Morgan fingerprint density at radius 3 is 2.27 bits per heavy atom. The summed E-state index contributed by atoms with van der Waals surface area (Å²) in [5.74, 6) is -0.585. The molecule has 2 aromatic carbocycles. The number of hydrogen-bond donors (Lipinski definition) is 0. The maximum Gasteiger partial charge on any atom is 0.265 e. The number of imide groups is 1. The smallest absolute Gasteiger partial charge is 0.265 e. The molecular formula is C19H15NO2. The second-order valence-electron chi connectivity index (χ2n) is 5.11. The molecule has 108 valence electrons. The highest BCUT2D eigenvalue weighted by atomic mass is 16.2. The highest BCUT2D eigenvalue weighted by Gasteiger charge is 2.31. The number of amides is 2. The van der Waals surface area contributed by atoms with Gasteiger partial charge in [-0.05, 0) is 30.2 Å². The number of para-hydroxylation sites is 1. The molecule has 0 fully saturated rings. The average Bonchev–Trinajstić information content (AvgIpc) is 2.81. The van der Waals surface area contributed by atoms with Gasteiger partial charge in [-0.3, -0.25) is 9.59 Å². The van der Waals surface area contributed by atoms with E-state index in [2.05, 4.69) is 0 Å². The molecule has 3 rings (SSSR count). The first-order valence-corrected chi connectivity index (χ1v) is 7.06. The van der Waals surface area contributed by atoms with Crippen LogP contribution in [0, 0.1) is 6.92 Å². The normalized spacial score (nSPS) is 14.8. The summed E-state index contributed by atoms with van der Waals surface area (Å²) in [7, 11) is 0. The lowest BCUT2D eigenvalue weighted by Gasteiger charge is -2.16. The maximum absolute atomic E-state index is 12.5. The highest BCUT2D eigenvalue weighted by molar-refractivity contribution is 6.31. The van der Waals surface area contributed by atoms with Crippen LogP contribution in [0.3, 0.4) is 0 Å². The molecule has 22 heavy (non-hydrogen) atoms. The Balaban J connectivity index is 1.87. The van der Waals surface area contributed by atoms with E-state index in [4.69, 9.17) is 0 Å². The summed E-state index contributed by atoms with van der Waals surface area (Å²) in [6.07, 6.45) is 4.90. The van der Waals surface area contributed by atoms with Gasteiger partial charge in [0.25, 0.3) is 11.8 Å². The van der Waals surface area contributed by atoms with Crippen LogP contribution in [-0.2, 0) is 9.59 Å². The largest absolute Gasteiger partial charge is 0.269 e. The number of hydrogen-bond acceptors (Lipinski definition) is 2. The SMILES string of the molecule is Cc1ccccc1N1C(=O)C=C(C=Cc2ccccc2)C1=O. The van der Waals surface area contributed by atoms with Crippen molar-refractivity contribution in [2.24, 2.45) is 0 Å². The quantitative estimate of drug-likeness (QED) is 0.811. The van der Waals surface area contributed by atoms with Crippen molar-refractivity contribution in [1.29, 1.82) is 0 Å². The molecule has 0 bridgehead atoms. The van der Waals surface area contributed by atoms with Crippen LogP contribution in [0.15, 0.2) is 72.3 Å². The van der Waals surface area contributed by atoms with Crippen molar-refractivity contribution in [3.8, 4) is 0 Å². The maximum atomic E-state index is 12.5. The third-order valence-corrected chi connectivity index (χ3v) is 3.56. The molecule has 1 heterocycles. The van der Waals surface area contributed by atoms with E-state index < -0.39 is 0 Å². The molecule has 0 aromatic heterocycles. The fourth-order valence-corrected chi connectivity index (χ4v) is 2.40. The number of aryl methyl sites for hydroxylation is 1. The van der Waals surface area contributed by atoms with Crippen molar-refractivity contribution in [3.05, 3.63) is 83.4 Å². The van der Waals surface area contributed by atoms with Crippen LogP contribution in [-0.4, -0.2) is 11.8 Å². The molecule has 0 atom stereocenters. The molecule has 2 aromatic rings. The summed E-state index contributed by atoms with van der Waals surface area (Å²) in [5.41, 5.74) is 2.91. The summed E-state index contributed by atoms with van der Waals surface area (Å²) in [6, 6.07) is 17.0. The van der Waals surface area contributed by atoms with Gasteiger partial charge in [-0.25, -0.2) is 4.90 Å². The van der Waals surface area contributed by atoms with Gasteiger partial charge >= 0.3 is 0 Å². The molecule has 2 amide bonds. The zero-order chi connectivity index (χ0) is 15.5. The molecule has 1 aliphatic heterocycles. The van der Waals surface area contributed by atoms with Gasteiger partial charge in [-0.15, -0.1) is 0 Å². The molecule has 0 N–H and O–H groups in total. The van der Waals surface area contributed by atoms with Crippen LogP contribution in [0.5, 0.6) is 0 Å². The number of carbonyl (C=O) groups excluding carboxylic acids is 2. The standard InChI is InChI=1S/C19H15NO2/c1-14-7-5-6-10-17(14)20-18(21)13-16(19(20)22)12-11-15-8-3-2-4-9-15/h2-13H,1H3. The van der Waals surface area contributed by atoms with E-state index in [-0.39, 0.29) is 11.8 Å². The first-order chi connectivity index (χ1) is 10.7. The topological polar surface area (TPSA) is 37.4 Å². The van der Waals surface area contributed by atoms with E-state index in [0.717, 1.165) is 11.1 Å². The Kier molecular flexibility index (Phi) is 3.71. The van der Waals surface area contributed by atoms with Gasteiger partial charge in [0.15, 0.2) is 0 Å². The van der Waals surface area contributed by atoms with Crippen LogP contribution in [0.2, 0.25) is 0 Å². The van der Waals surface area contributed by atoms with E-state index in [1.54, 1.807) is 12.1 Å². The molecule has 0 unspecified atom stereocenters. The molecule has 0 aliphatic carbocycles. The summed E-state index contributed by atoms with van der Waals surface area (Å²) in [4.78, 5) is 25.9. The number of anilines is 1. The van der Waals surface area contributed by atoms with Crippen molar-refractivity contribution < 1.29 is 9.59 Å². The van der Waals surface area contributed by atoms with Gasteiger partial charge < -0.3 is 0 Å². The third-order valence-electron chi connectivity index (χ3n) is 3.56. The zero-order valence-corrected chi connectivity index (χ0v) is 12.2. The monoisotopic (exact) mass is 289 g/mol. The van der Waals surface area contributed by atoms with Crippen LogP contribution >= 0.6 is 0 Å². The van der Waals surface area contributed by atoms with Gasteiger partial charge in [0.1, 0.15) is 0 Å².